The maximum Gasteiger partial charge on any atom is 1.00 e. The van der Waals surface area contributed by atoms with E-state index in [-0.39, 0.29) is 35.1 Å². The summed E-state index contributed by atoms with van der Waals surface area (Å²) in [5.41, 5.74) is 1.22. The normalized spacial score (nSPS) is 11.2. The van der Waals surface area contributed by atoms with Gasteiger partial charge < -0.3 is 15.2 Å². The second-order valence-electron chi connectivity index (χ2n) is 9.03. The molecule has 0 atom stereocenters. The molecule has 0 unspecified atom stereocenters. The van der Waals surface area contributed by atoms with Crippen LogP contribution in [0.5, 0.6) is 0 Å². The summed E-state index contributed by atoms with van der Waals surface area (Å²) in [6.07, 6.45) is 15.2. The van der Waals surface area contributed by atoms with Crippen molar-refractivity contribution in [3.05, 3.63) is 29.8 Å². The van der Waals surface area contributed by atoms with E-state index in [1.54, 1.807) is 12.1 Å². The Hall–Kier alpha value is -0.293. The van der Waals surface area contributed by atoms with Crippen molar-refractivity contribution in [1.29, 1.82) is 0 Å². The minimum absolute atomic E-state index is 0. The molecule has 172 valence electrons. The predicted molar refractivity (Wildman–Crippen MR) is 132 cm³/mol. The third-order valence-corrected chi connectivity index (χ3v) is 12.7. The fraction of sp³-hybridized carbons (Fsp3) is 0.731. The molecule has 0 amide bonds. The first-order valence-electron chi connectivity index (χ1n) is 12.6. The van der Waals surface area contributed by atoms with Gasteiger partial charge in [-0.2, -0.15) is 0 Å². The molecule has 0 spiro atoms. The Kier molecular flexibility index (Phi) is 19.0. The van der Waals surface area contributed by atoms with E-state index in [0.717, 1.165) is 12.2 Å². The average Bonchev–Trinajstić information content (AvgIpc) is 2.77. The Labute approximate surface area is 215 Å². The van der Waals surface area contributed by atoms with E-state index in [0.29, 0.717) is 0 Å². The molecule has 1 rings (SSSR count). The molecule has 0 saturated carbocycles. The summed E-state index contributed by atoms with van der Waals surface area (Å²) in [5, 5.41) is 14.2. The van der Waals surface area contributed by atoms with Crippen LogP contribution in [0.25, 0.3) is 0 Å². The van der Waals surface area contributed by atoms with Gasteiger partial charge in [-0.05, 0) is 24.1 Å². The van der Waals surface area contributed by atoms with Crippen LogP contribution in [0.1, 0.15) is 102 Å². The average molecular weight is 456 g/mol. The predicted octanol–water partition coefficient (Wildman–Crippen LogP) is 4.27. The maximum atomic E-state index is 10.8. The zero-order valence-corrected chi connectivity index (χ0v) is 23.9. The molecule has 0 aromatic heterocycles. The molecule has 0 aliphatic heterocycles. The Balaban J connectivity index is 0.00000900. The summed E-state index contributed by atoms with van der Waals surface area (Å²) in [4.78, 5) is 10.8. The zero-order valence-electron chi connectivity index (χ0n) is 20.9. The first-order valence-corrected chi connectivity index (χ1v) is 15.4. The number of hydrogen-bond acceptors (Lipinski definition) is 3. The number of nitrogens with one attached hydrogen (secondary N) is 1. The van der Waals surface area contributed by atoms with Crippen LogP contribution in [0.15, 0.2) is 24.3 Å². The SMILES string of the molecule is CCCCCCCCCC[Si](CC)(CC)CCCCCNc1ccc(C(=O)[O-])cc1.[Na+]. The van der Waals surface area contributed by atoms with Gasteiger partial charge in [0.15, 0.2) is 0 Å². The van der Waals surface area contributed by atoms with E-state index >= 15 is 0 Å². The van der Waals surface area contributed by atoms with Crippen molar-refractivity contribution in [2.24, 2.45) is 0 Å². The van der Waals surface area contributed by atoms with E-state index in [9.17, 15) is 9.90 Å². The van der Waals surface area contributed by atoms with E-state index in [1.165, 1.54) is 94.8 Å². The standard InChI is InChI=1S/C26H47NO2Si.Na/c1-4-7-8-9-10-11-12-15-22-30(5-2,6-3)23-16-13-14-21-27-25-19-17-24(18-20-25)26(28)29;/h17-20,27H,4-16,21-23H2,1-3H3,(H,28,29);/q;+1/p-1. The Morgan fingerprint density at radius 3 is 1.74 bits per heavy atom. The molecule has 5 heteroatoms. The van der Waals surface area contributed by atoms with E-state index in [4.69, 9.17) is 0 Å². The molecule has 1 aromatic rings. The van der Waals surface area contributed by atoms with Gasteiger partial charge in [0.05, 0.1) is 14.0 Å². The molecule has 1 N–H and O–H groups in total. The van der Waals surface area contributed by atoms with Crippen LogP contribution in [0, 0.1) is 0 Å². The summed E-state index contributed by atoms with van der Waals surface area (Å²) in [6, 6.07) is 12.8. The first-order chi connectivity index (χ1) is 14.6. The number of carboxylic acid groups (broad SMARTS) is 1. The summed E-state index contributed by atoms with van der Waals surface area (Å²) in [6.45, 7) is 8.13. The number of carboxylic acids is 1. The number of aromatic carboxylic acids is 1. The summed E-state index contributed by atoms with van der Waals surface area (Å²) >= 11 is 0. The second-order valence-corrected chi connectivity index (χ2v) is 14.4. The van der Waals surface area contributed by atoms with Crippen LogP contribution in [0.3, 0.4) is 0 Å². The minimum atomic E-state index is -1.12. The van der Waals surface area contributed by atoms with Gasteiger partial charge in [-0.25, -0.2) is 0 Å². The Morgan fingerprint density at radius 1 is 0.774 bits per heavy atom. The van der Waals surface area contributed by atoms with Gasteiger partial charge in [0.2, 0.25) is 0 Å². The fourth-order valence-electron chi connectivity index (χ4n) is 4.47. The van der Waals surface area contributed by atoms with Crippen molar-refractivity contribution >= 4 is 19.7 Å². The molecule has 1 aromatic carbocycles. The third kappa shape index (κ3) is 13.8. The number of benzene rings is 1. The first kappa shape index (κ1) is 30.7. The quantitative estimate of drug-likeness (QED) is 0.250. The van der Waals surface area contributed by atoms with Gasteiger partial charge in [0.1, 0.15) is 0 Å². The van der Waals surface area contributed by atoms with Crippen molar-refractivity contribution in [2.75, 3.05) is 11.9 Å². The summed E-state index contributed by atoms with van der Waals surface area (Å²) in [5.74, 6) is -1.12. The van der Waals surface area contributed by atoms with Crippen LogP contribution in [0.2, 0.25) is 24.2 Å². The van der Waals surface area contributed by atoms with Crippen molar-refractivity contribution < 1.29 is 39.5 Å². The van der Waals surface area contributed by atoms with Crippen molar-refractivity contribution in [3.8, 4) is 0 Å². The van der Waals surface area contributed by atoms with Crippen LogP contribution >= 0.6 is 0 Å². The van der Waals surface area contributed by atoms with E-state index < -0.39 is 14.0 Å². The van der Waals surface area contributed by atoms with Gasteiger partial charge in [0, 0.05) is 12.2 Å². The number of rotatable bonds is 19. The van der Waals surface area contributed by atoms with Gasteiger partial charge in [-0.1, -0.05) is 121 Å². The van der Waals surface area contributed by atoms with Gasteiger partial charge >= 0.3 is 29.6 Å². The molecule has 0 fully saturated rings. The molecular formula is C26H46NNaO2Si. The number of carbonyl (C=O) groups is 1. The molecule has 3 nitrogen and oxygen atoms in total. The number of carbonyl (C=O) groups excluding carboxylic acids is 1. The summed E-state index contributed by atoms with van der Waals surface area (Å²) < 4.78 is 0. The third-order valence-electron chi connectivity index (χ3n) is 6.89. The molecule has 0 aliphatic carbocycles. The van der Waals surface area contributed by atoms with Crippen molar-refractivity contribution in [2.45, 2.75) is 116 Å². The largest absolute Gasteiger partial charge is 1.00 e. The van der Waals surface area contributed by atoms with Crippen LogP contribution in [0.4, 0.5) is 5.69 Å². The zero-order chi connectivity index (χ0) is 22.1. The number of hydrogen-bond donors (Lipinski definition) is 1. The number of unbranched alkanes of at least 4 members (excludes halogenated alkanes) is 9. The fourth-order valence-corrected chi connectivity index (χ4v) is 8.64. The van der Waals surface area contributed by atoms with Crippen molar-refractivity contribution in [3.63, 3.8) is 0 Å². The second kappa shape index (κ2) is 19.2. The van der Waals surface area contributed by atoms with Gasteiger partial charge in [-0.15, -0.1) is 0 Å². The van der Waals surface area contributed by atoms with Gasteiger partial charge in [0.25, 0.3) is 0 Å². The number of anilines is 1. The monoisotopic (exact) mass is 455 g/mol. The van der Waals surface area contributed by atoms with E-state index in [2.05, 4.69) is 26.1 Å². The molecule has 0 heterocycles. The Morgan fingerprint density at radius 2 is 1.26 bits per heavy atom. The molecule has 0 saturated heterocycles. The van der Waals surface area contributed by atoms with Gasteiger partial charge in [-0.3, -0.25) is 0 Å². The molecular weight excluding hydrogens is 409 g/mol. The minimum Gasteiger partial charge on any atom is -0.545 e. The summed E-state index contributed by atoms with van der Waals surface area (Å²) in [7, 11) is -1.05. The molecule has 31 heavy (non-hydrogen) atoms. The van der Waals surface area contributed by atoms with Crippen LogP contribution in [-0.4, -0.2) is 20.6 Å². The topological polar surface area (TPSA) is 52.2 Å². The van der Waals surface area contributed by atoms with E-state index in [1.807, 2.05) is 12.1 Å². The van der Waals surface area contributed by atoms with Crippen LogP contribution < -0.4 is 40.0 Å². The Bertz CT molecular complexity index is 561. The molecule has 0 radical (unpaired) electrons. The van der Waals surface area contributed by atoms with Crippen LogP contribution in [-0.2, 0) is 0 Å². The maximum absolute atomic E-state index is 10.8. The van der Waals surface area contributed by atoms with Crippen molar-refractivity contribution in [1.82, 2.24) is 0 Å². The molecule has 0 aliphatic rings. The molecule has 0 bridgehead atoms. The smallest absolute Gasteiger partial charge is 0.545 e.